The lowest BCUT2D eigenvalue weighted by atomic mass is 10.1. The molecule has 0 saturated heterocycles. The molecule has 1 aromatic carbocycles. The second-order valence-electron chi connectivity index (χ2n) is 8.17. The number of hydrogen-bond donors (Lipinski definition) is 1. The van der Waals surface area contributed by atoms with Crippen LogP contribution in [-0.4, -0.2) is 21.6 Å². The molecule has 0 fully saturated rings. The third-order valence-electron chi connectivity index (χ3n) is 5.76. The largest absolute Gasteiger partial charge is 0.506 e. The molecule has 4 nitrogen and oxygen atoms in total. The first-order valence-corrected chi connectivity index (χ1v) is 11.9. The molecule has 0 radical (unpaired) electrons. The van der Waals surface area contributed by atoms with Crippen molar-refractivity contribution < 1.29 is 18.3 Å². The van der Waals surface area contributed by atoms with Crippen LogP contribution < -0.4 is 4.90 Å². The quantitative estimate of drug-likeness (QED) is 0.376. The molecule has 0 unspecified atom stereocenters. The van der Waals surface area contributed by atoms with E-state index in [9.17, 15) is 18.3 Å². The highest BCUT2D eigenvalue weighted by atomic mass is 32.1. The van der Waals surface area contributed by atoms with Gasteiger partial charge in [-0.3, -0.25) is 0 Å². The smallest absolute Gasteiger partial charge is 0.416 e. The fourth-order valence-electron chi connectivity index (χ4n) is 3.97. The predicted octanol–water partition coefficient (Wildman–Crippen LogP) is 6.56. The van der Waals surface area contributed by atoms with E-state index in [0.717, 1.165) is 71.3 Å². The second-order valence-corrected chi connectivity index (χ2v) is 9.25. The van der Waals surface area contributed by atoms with E-state index in [0.29, 0.717) is 24.2 Å². The summed E-state index contributed by atoms with van der Waals surface area (Å²) in [6, 6.07) is 6.99. The van der Waals surface area contributed by atoms with Gasteiger partial charge in [-0.2, -0.15) is 13.2 Å². The monoisotopic (exact) mass is 473 g/mol. The van der Waals surface area contributed by atoms with Crippen molar-refractivity contribution in [1.82, 2.24) is 9.97 Å². The van der Waals surface area contributed by atoms with Gasteiger partial charge < -0.3 is 10.0 Å². The van der Waals surface area contributed by atoms with Crippen molar-refractivity contribution in [1.29, 1.82) is 0 Å². The number of thiazole rings is 1. The zero-order valence-electron chi connectivity index (χ0n) is 18.5. The van der Waals surface area contributed by atoms with Crippen molar-refractivity contribution >= 4 is 17.2 Å². The van der Waals surface area contributed by atoms with Gasteiger partial charge in [0.25, 0.3) is 0 Å². The highest BCUT2D eigenvalue weighted by Gasteiger charge is 2.30. The van der Waals surface area contributed by atoms with Gasteiger partial charge in [-0.05, 0) is 37.5 Å². The molecule has 0 amide bonds. The van der Waals surface area contributed by atoms with Crippen LogP contribution in [0, 0.1) is 0 Å². The van der Waals surface area contributed by atoms with Crippen molar-refractivity contribution in [3.63, 3.8) is 0 Å². The molecule has 0 saturated carbocycles. The standard InChI is InChI=1S/C25H26F3N3OS/c1-3-5-7-20-22(33-24(30-20)16-8-10-18(11-9-16)25(26,27)28)15-31-13-12-17-14-21(32)19(6-4-2)29-23(17)31/h4,8-11,14,32H,2-3,5-7,12-13,15H2,1H3. The zero-order chi connectivity index (χ0) is 23.6. The SMILES string of the molecule is C=CCc1nc2c(cc1O)CCN2Cc1sc(-c2ccc(C(F)(F)F)cc2)nc1CCCC. The maximum atomic E-state index is 12.9. The van der Waals surface area contributed by atoms with E-state index in [2.05, 4.69) is 18.4 Å². The number of rotatable bonds is 8. The third kappa shape index (κ3) is 5.05. The molecule has 0 atom stereocenters. The molecule has 8 heteroatoms. The van der Waals surface area contributed by atoms with Gasteiger partial charge in [-0.25, -0.2) is 9.97 Å². The Kier molecular flexibility index (Phi) is 6.74. The van der Waals surface area contributed by atoms with E-state index in [1.165, 1.54) is 23.5 Å². The molecule has 0 aliphatic carbocycles. The van der Waals surface area contributed by atoms with E-state index in [-0.39, 0.29) is 5.75 Å². The number of anilines is 1. The summed E-state index contributed by atoms with van der Waals surface area (Å²) in [6.45, 7) is 7.28. The van der Waals surface area contributed by atoms with E-state index >= 15 is 0 Å². The lowest BCUT2D eigenvalue weighted by molar-refractivity contribution is -0.137. The highest BCUT2D eigenvalue weighted by Crippen LogP contribution is 2.36. The number of hydrogen-bond acceptors (Lipinski definition) is 5. The molecule has 174 valence electrons. The van der Waals surface area contributed by atoms with Crippen LogP contribution in [0.4, 0.5) is 19.0 Å². The summed E-state index contributed by atoms with van der Waals surface area (Å²) in [5.74, 6) is 1.07. The Balaban J connectivity index is 1.63. The van der Waals surface area contributed by atoms with Crippen LogP contribution in [0.2, 0.25) is 0 Å². The van der Waals surface area contributed by atoms with E-state index in [4.69, 9.17) is 9.97 Å². The molecule has 0 spiro atoms. The molecule has 0 bridgehead atoms. The van der Waals surface area contributed by atoms with E-state index < -0.39 is 11.7 Å². The maximum Gasteiger partial charge on any atom is 0.416 e. The van der Waals surface area contributed by atoms with Crippen LogP contribution in [0.25, 0.3) is 10.6 Å². The van der Waals surface area contributed by atoms with Crippen LogP contribution in [0.3, 0.4) is 0 Å². The summed E-state index contributed by atoms with van der Waals surface area (Å²) in [5.41, 5.74) is 2.65. The van der Waals surface area contributed by atoms with Gasteiger partial charge >= 0.3 is 6.18 Å². The normalized spacial score (nSPS) is 13.4. The number of nitrogens with zero attached hydrogens (tertiary/aromatic N) is 3. The Labute approximate surface area is 195 Å². The topological polar surface area (TPSA) is 49.3 Å². The van der Waals surface area contributed by atoms with Crippen LogP contribution in [-0.2, 0) is 32.0 Å². The number of unbranched alkanes of at least 4 members (excludes halogenated alkanes) is 1. The molecular formula is C25H26F3N3OS. The Morgan fingerprint density at radius 3 is 2.61 bits per heavy atom. The summed E-state index contributed by atoms with van der Waals surface area (Å²) < 4.78 is 38.8. The Hall–Kier alpha value is -2.87. The predicted molar refractivity (Wildman–Crippen MR) is 126 cm³/mol. The summed E-state index contributed by atoms with van der Waals surface area (Å²) in [4.78, 5) is 12.8. The summed E-state index contributed by atoms with van der Waals surface area (Å²) in [7, 11) is 0. The van der Waals surface area contributed by atoms with Crippen LogP contribution in [0.15, 0.2) is 43.0 Å². The maximum absolute atomic E-state index is 12.9. The van der Waals surface area contributed by atoms with Crippen molar-refractivity contribution in [2.24, 2.45) is 0 Å². The van der Waals surface area contributed by atoms with Crippen molar-refractivity contribution in [2.75, 3.05) is 11.4 Å². The van der Waals surface area contributed by atoms with Gasteiger partial charge in [0.15, 0.2) is 0 Å². The minimum Gasteiger partial charge on any atom is -0.506 e. The summed E-state index contributed by atoms with van der Waals surface area (Å²) >= 11 is 1.53. The van der Waals surface area contributed by atoms with E-state index in [1.54, 1.807) is 12.1 Å². The summed E-state index contributed by atoms with van der Waals surface area (Å²) in [6.07, 6.45) is 1.52. The number of pyridine rings is 1. The van der Waals surface area contributed by atoms with Crippen molar-refractivity contribution in [3.8, 4) is 16.3 Å². The van der Waals surface area contributed by atoms with Gasteiger partial charge in [0.2, 0.25) is 0 Å². The molecule has 1 aliphatic rings. The second kappa shape index (κ2) is 9.55. The van der Waals surface area contributed by atoms with Crippen LogP contribution >= 0.6 is 11.3 Å². The molecule has 1 aliphatic heterocycles. The van der Waals surface area contributed by atoms with Crippen LogP contribution in [0.5, 0.6) is 5.75 Å². The fourth-order valence-corrected chi connectivity index (χ4v) is 5.10. The third-order valence-corrected chi connectivity index (χ3v) is 6.89. The zero-order valence-corrected chi connectivity index (χ0v) is 19.3. The lowest BCUT2D eigenvalue weighted by Gasteiger charge is -2.19. The highest BCUT2D eigenvalue weighted by molar-refractivity contribution is 7.15. The molecular weight excluding hydrogens is 447 g/mol. The first-order valence-electron chi connectivity index (χ1n) is 11.0. The van der Waals surface area contributed by atoms with Crippen molar-refractivity contribution in [3.05, 3.63) is 70.4 Å². The van der Waals surface area contributed by atoms with E-state index in [1.807, 2.05) is 0 Å². The number of halogens is 3. The molecule has 3 aromatic rings. The Morgan fingerprint density at radius 1 is 1.18 bits per heavy atom. The average Bonchev–Trinajstić information content (AvgIpc) is 3.36. The number of aromatic hydroxyl groups is 1. The number of benzene rings is 1. The number of alkyl halides is 3. The first kappa shape index (κ1) is 23.3. The number of allylic oxidation sites excluding steroid dienone is 1. The molecule has 2 aromatic heterocycles. The Morgan fingerprint density at radius 2 is 1.94 bits per heavy atom. The molecule has 4 rings (SSSR count). The number of fused-ring (bicyclic) bond motifs is 1. The minimum absolute atomic E-state index is 0.196. The lowest BCUT2D eigenvalue weighted by Crippen LogP contribution is -2.21. The Bertz CT molecular complexity index is 1140. The summed E-state index contributed by atoms with van der Waals surface area (Å²) in [5, 5.41) is 10.9. The van der Waals surface area contributed by atoms with Gasteiger partial charge in [-0.1, -0.05) is 31.6 Å². The first-order chi connectivity index (χ1) is 15.8. The average molecular weight is 474 g/mol. The molecule has 3 heterocycles. The van der Waals surface area contributed by atoms with Gasteiger partial charge in [-0.15, -0.1) is 17.9 Å². The fraction of sp³-hybridized carbons (Fsp3) is 0.360. The van der Waals surface area contributed by atoms with Gasteiger partial charge in [0.1, 0.15) is 16.6 Å². The molecule has 33 heavy (non-hydrogen) atoms. The number of aromatic nitrogens is 2. The van der Waals surface area contributed by atoms with Gasteiger partial charge in [0, 0.05) is 29.0 Å². The van der Waals surface area contributed by atoms with Crippen LogP contribution in [0.1, 0.15) is 47.2 Å². The van der Waals surface area contributed by atoms with Gasteiger partial charge in [0.05, 0.1) is 23.5 Å². The minimum atomic E-state index is -4.35. The molecule has 1 N–H and O–H groups in total. The van der Waals surface area contributed by atoms with Crippen molar-refractivity contribution in [2.45, 2.75) is 51.7 Å². The number of aryl methyl sites for hydroxylation is 1.